The molecule has 0 bridgehead atoms. The lowest BCUT2D eigenvalue weighted by Crippen LogP contribution is -2.02. The van der Waals surface area contributed by atoms with Crippen LogP contribution in [-0.4, -0.2) is 19.5 Å². The fourth-order valence-electron chi connectivity index (χ4n) is 7.94. The molecular weight excluding hydrogens is 701 g/mol. The number of para-hydroxylation sites is 1. The van der Waals surface area contributed by atoms with Crippen molar-refractivity contribution < 1.29 is 0 Å². The Labute approximate surface area is 327 Å². The maximum absolute atomic E-state index is 5.27. The van der Waals surface area contributed by atoms with E-state index in [1.807, 2.05) is 18.2 Å². The average Bonchev–Trinajstić information content (AvgIpc) is 3.82. The molecule has 8 aromatic carbocycles. The Bertz CT molecular complexity index is 3240. The number of rotatable bonds is 6. The molecule has 0 unspecified atom stereocenters. The quantitative estimate of drug-likeness (QED) is 0.171. The SMILES string of the molecule is c1ccc(-c2cc(-c3nc(-c4ccccc4)nc(-c4ccc5c(c4)sc4ccccc45)n3)cc(-n3c4ccccc4c4ccc(-c5ccccc5)cc43)c2)cc1. The van der Waals surface area contributed by atoms with Gasteiger partial charge in [-0.2, -0.15) is 0 Å². The standard InChI is InChI=1S/C51H32N4S/c1-4-14-33(15-5-1)36-24-26-42-41-20-10-12-22-45(41)55(46(42)31-36)40-29-38(34-16-6-2-7-17-34)28-39(30-40)51-53-49(35-18-8-3-9-19-35)52-50(54-51)37-25-27-44-43-21-11-13-23-47(43)56-48(44)32-37/h1-32H. The van der Waals surface area contributed by atoms with E-state index in [0.717, 1.165) is 44.5 Å². The summed E-state index contributed by atoms with van der Waals surface area (Å²) in [5.41, 5.74) is 10.7. The van der Waals surface area contributed by atoms with E-state index in [2.05, 4.69) is 180 Å². The minimum atomic E-state index is 0.620. The lowest BCUT2D eigenvalue weighted by atomic mass is 10.0. The Morgan fingerprint density at radius 3 is 1.57 bits per heavy atom. The molecule has 11 aromatic rings. The van der Waals surface area contributed by atoms with Gasteiger partial charge in [0.1, 0.15) is 0 Å². The van der Waals surface area contributed by atoms with Crippen molar-refractivity contribution in [2.45, 2.75) is 0 Å². The minimum absolute atomic E-state index is 0.620. The predicted octanol–water partition coefficient (Wildman–Crippen LogP) is 13.7. The van der Waals surface area contributed by atoms with Crippen molar-refractivity contribution in [3.8, 4) is 62.1 Å². The molecule has 0 fully saturated rings. The summed E-state index contributed by atoms with van der Waals surface area (Å²) in [7, 11) is 0. The van der Waals surface area contributed by atoms with Crippen molar-refractivity contribution in [2.75, 3.05) is 0 Å². The lowest BCUT2D eigenvalue weighted by Gasteiger charge is -2.15. The minimum Gasteiger partial charge on any atom is -0.309 e. The molecule has 262 valence electrons. The van der Waals surface area contributed by atoms with Crippen LogP contribution in [0.15, 0.2) is 194 Å². The van der Waals surface area contributed by atoms with Gasteiger partial charge >= 0.3 is 0 Å². The van der Waals surface area contributed by atoms with E-state index in [4.69, 9.17) is 15.0 Å². The highest BCUT2D eigenvalue weighted by molar-refractivity contribution is 7.25. The maximum Gasteiger partial charge on any atom is 0.164 e. The van der Waals surface area contributed by atoms with Crippen molar-refractivity contribution in [2.24, 2.45) is 0 Å². The molecule has 3 heterocycles. The molecule has 0 saturated carbocycles. The highest BCUT2D eigenvalue weighted by Gasteiger charge is 2.19. The van der Waals surface area contributed by atoms with Gasteiger partial charge < -0.3 is 4.57 Å². The summed E-state index contributed by atoms with van der Waals surface area (Å²) in [6.07, 6.45) is 0. The third-order valence-corrected chi connectivity index (χ3v) is 11.8. The van der Waals surface area contributed by atoms with Gasteiger partial charge in [0.2, 0.25) is 0 Å². The van der Waals surface area contributed by atoms with E-state index in [-0.39, 0.29) is 0 Å². The summed E-state index contributed by atoms with van der Waals surface area (Å²) >= 11 is 1.80. The summed E-state index contributed by atoms with van der Waals surface area (Å²) < 4.78 is 4.87. The van der Waals surface area contributed by atoms with Crippen LogP contribution >= 0.6 is 11.3 Å². The van der Waals surface area contributed by atoms with Crippen LogP contribution in [0.4, 0.5) is 0 Å². The van der Waals surface area contributed by atoms with Crippen molar-refractivity contribution >= 4 is 53.3 Å². The second-order valence-electron chi connectivity index (χ2n) is 14.1. The van der Waals surface area contributed by atoms with Crippen LogP contribution < -0.4 is 0 Å². The zero-order chi connectivity index (χ0) is 37.0. The van der Waals surface area contributed by atoms with E-state index in [1.54, 1.807) is 11.3 Å². The van der Waals surface area contributed by atoms with Gasteiger partial charge in [0.25, 0.3) is 0 Å². The highest BCUT2D eigenvalue weighted by atomic mass is 32.1. The molecule has 0 radical (unpaired) electrons. The lowest BCUT2D eigenvalue weighted by molar-refractivity contribution is 1.07. The molecule has 0 spiro atoms. The number of hydrogen-bond donors (Lipinski definition) is 0. The maximum atomic E-state index is 5.27. The molecule has 0 aliphatic carbocycles. The van der Waals surface area contributed by atoms with Gasteiger partial charge in [-0.1, -0.05) is 152 Å². The van der Waals surface area contributed by atoms with E-state index in [9.17, 15) is 0 Å². The molecule has 0 atom stereocenters. The molecule has 5 heteroatoms. The van der Waals surface area contributed by atoms with Crippen LogP contribution in [0.1, 0.15) is 0 Å². The zero-order valence-corrected chi connectivity index (χ0v) is 31.0. The van der Waals surface area contributed by atoms with Gasteiger partial charge in [0.05, 0.1) is 11.0 Å². The van der Waals surface area contributed by atoms with E-state index >= 15 is 0 Å². The number of nitrogens with zero attached hydrogens (tertiary/aromatic N) is 4. The smallest absolute Gasteiger partial charge is 0.164 e. The van der Waals surface area contributed by atoms with Crippen LogP contribution in [0.5, 0.6) is 0 Å². The molecule has 0 amide bonds. The van der Waals surface area contributed by atoms with Gasteiger partial charge in [-0.25, -0.2) is 15.0 Å². The number of hydrogen-bond acceptors (Lipinski definition) is 4. The van der Waals surface area contributed by atoms with Crippen LogP contribution in [0.2, 0.25) is 0 Å². The molecule has 3 aromatic heterocycles. The third-order valence-electron chi connectivity index (χ3n) is 10.6. The topological polar surface area (TPSA) is 43.6 Å². The van der Waals surface area contributed by atoms with E-state index in [0.29, 0.717) is 17.5 Å². The molecule has 0 aliphatic rings. The molecule has 0 saturated heterocycles. The third kappa shape index (κ3) is 5.56. The summed E-state index contributed by atoms with van der Waals surface area (Å²) in [5, 5.41) is 4.93. The van der Waals surface area contributed by atoms with Crippen LogP contribution in [0.25, 0.3) is 104 Å². The van der Waals surface area contributed by atoms with Crippen LogP contribution in [0.3, 0.4) is 0 Å². The summed E-state index contributed by atoms with van der Waals surface area (Å²) in [6.45, 7) is 0. The zero-order valence-electron chi connectivity index (χ0n) is 30.2. The summed E-state index contributed by atoms with van der Waals surface area (Å²) in [6, 6.07) is 68.7. The van der Waals surface area contributed by atoms with Crippen molar-refractivity contribution in [3.63, 3.8) is 0 Å². The molecule has 4 nitrogen and oxygen atoms in total. The Morgan fingerprint density at radius 2 is 0.821 bits per heavy atom. The Kier molecular flexibility index (Phi) is 7.64. The summed E-state index contributed by atoms with van der Waals surface area (Å²) in [4.78, 5) is 15.6. The van der Waals surface area contributed by atoms with Crippen molar-refractivity contribution in [1.29, 1.82) is 0 Å². The van der Waals surface area contributed by atoms with Gasteiger partial charge in [0, 0.05) is 53.3 Å². The number of benzene rings is 8. The Hall–Kier alpha value is -7.21. The van der Waals surface area contributed by atoms with Crippen molar-refractivity contribution in [3.05, 3.63) is 194 Å². The number of thiophene rings is 1. The van der Waals surface area contributed by atoms with Crippen LogP contribution in [-0.2, 0) is 0 Å². The van der Waals surface area contributed by atoms with Gasteiger partial charge in [-0.3, -0.25) is 0 Å². The first-order valence-corrected chi connectivity index (χ1v) is 19.6. The largest absolute Gasteiger partial charge is 0.309 e. The first kappa shape index (κ1) is 32.2. The fraction of sp³-hybridized carbons (Fsp3) is 0. The molecule has 0 N–H and O–H groups in total. The molecular formula is C51H32N4S. The molecule has 0 aliphatic heterocycles. The summed E-state index contributed by atoms with van der Waals surface area (Å²) in [5.74, 6) is 1.90. The normalized spacial score (nSPS) is 11.6. The van der Waals surface area contributed by atoms with E-state index in [1.165, 1.54) is 42.1 Å². The second kappa shape index (κ2) is 13.3. The Balaban J connectivity index is 1.16. The number of aromatic nitrogens is 4. The monoisotopic (exact) mass is 732 g/mol. The molecule has 56 heavy (non-hydrogen) atoms. The fourth-order valence-corrected chi connectivity index (χ4v) is 9.09. The van der Waals surface area contributed by atoms with Crippen molar-refractivity contribution in [1.82, 2.24) is 19.5 Å². The van der Waals surface area contributed by atoms with Gasteiger partial charge in [-0.05, 0) is 64.7 Å². The van der Waals surface area contributed by atoms with Crippen LogP contribution in [0, 0.1) is 0 Å². The van der Waals surface area contributed by atoms with Gasteiger partial charge in [0.15, 0.2) is 17.5 Å². The van der Waals surface area contributed by atoms with E-state index < -0.39 is 0 Å². The molecule has 11 rings (SSSR count). The van der Waals surface area contributed by atoms with Gasteiger partial charge in [-0.15, -0.1) is 11.3 Å². The first-order valence-electron chi connectivity index (χ1n) is 18.8. The second-order valence-corrected chi connectivity index (χ2v) is 15.2. The Morgan fingerprint density at radius 1 is 0.304 bits per heavy atom. The average molecular weight is 733 g/mol. The number of fused-ring (bicyclic) bond motifs is 6. The predicted molar refractivity (Wildman–Crippen MR) is 234 cm³/mol. The first-order chi connectivity index (χ1) is 27.7. The highest BCUT2D eigenvalue weighted by Crippen LogP contribution is 2.39.